The van der Waals surface area contributed by atoms with Gasteiger partial charge in [-0.25, -0.2) is 13.4 Å². The maximum absolute atomic E-state index is 12.8. The molecular weight excluding hydrogens is 442 g/mol. The molecule has 10 heteroatoms. The van der Waals surface area contributed by atoms with Gasteiger partial charge in [0.25, 0.3) is 5.91 Å². The molecule has 9 nitrogen and oxygen atoms in total. The molecule has 3 rings (SSSR count). The molecule has 0 atom stereocenters. The van der Waals surface area contributed by atoms with E-state index in [1.807, 2.05) is 4.57 Å². The number of nitrogens with zero attached hydrogens (tertiary/aromatic N) is 2. The predicted octanol–water partition coefficient (Wildman–Crippen LogP) is 3.62. The lowest BCUT2D eigenvalue weighted by atomic mass is 10.1. The zero-order valence-electron chi connectivity index (χ0n) is 18.5. The molecule has 174 valence electrons. The summed E-state index contributed by atoms with van der Waals surface area (Å²) in [4.78, 5) is 29.0. The number of imidazole rings is 1. The van der Waals surface area contributed by atoms with Crippen LogP contribution in [0, 0.1) is 6.92 Å². The summed E-state index contributed by atoms with van der Waals surface area (Å²) in [6.07, 6.45) is 5.85. The molecule has 33 heavy (non-hydrogen) atoms. The number of amides is 2. The van der Waals surface area contributed by atoms with Crippen molar-refractivity contribution in [2.24, 2.45) is 0 Å². The lowest BCUT2D eigenvalue weighted by molar-refractivity contribution is -0.116. The molecule has 2 aromatic carbocycles. The van der Waals surface area contributed by atoms with Crippen LogP contribution in [0.15, 0.2) is 61.2 Å². The third-order valence-corrected chi connectivity index (χ3v) is 6.36. The maximum atomic E-state index is 12.8. The number of hydrogen-bond acceptors (Lipinski definition) is 5. The zero-order chi connectivity index (χ0) is 23.8. The first kappa shape index (κ1) is 24.0. The molecule has 0 unspecified atom stereocenters. The van der Waals surface area contributed by atoms with Crippen LogP contribution in [0.3, 0.4) is 0 Å². The molecule has 0 saturated heterocycles. The molecular formula is C23H27N5O4S. The highest BCUT2D eigenvalue weighted by Gasteiger charge is 2.14. The summed E-state index contributed by atoms with van der Waals surface area (Å²) in [5.41, 5.74) is 2.39. The second-order valence-electron chi connectivity index (χ2n) is 7.53. The van der Waals surface area contributed by atoms with Gasteiger partial charge in [-0.2, -0.15) is 0 Å². The van der Waals surface area contributed by atoms with Gasteiger partial charge in [0.15, 0.2) is 0 Å². The number of benzene rings is 2. The molecule has 0 bridgehead atoms. The van der Waals surface area contributed by atoms with Crippen LogP contribution in [0.25, 0.3) is 0 Å². The quantitative estimate of drug-likeness (QED) is 0.419. The Morgan fingerprint density at radius 2 is 1.82 bits per heavy atom. The minimum absolute atomic E-state index is 0.0177. The molecule has 0 spiro atoms. The van der Waals surface area contributed by atoms with Gasteiger partial charge in [-0.1, -0.05) is 19.1 Å². The van der Waals surface area contributed by atoms with E-state index in [4.69, 9.17) is 0 Å². The van der Waals surface area contributed by atoms with Gasteiger partial charge >= 0.3 is 0 Å². The first-order chi connectivity index (χ1) is 15.8. The smallest absolute Gasteiger partial charge is 0.255 e. The minimum atomic E-state index is -3.45. The summed E-state index contributed by atoms with van der Waals surface area (Å²) in [6, 6.07) is 11.6. The van der Waals surface area contributed by atoms with Crippen LogP contribution in [0.5, 0.6) is 0 Å². The van der Waals surface area contributed by atoms with Crippen molar-refractivity contribution >= 4 is 38.9 Å². The van der Waals surface area contributed by atoms with E-state index >= 15 is 0 Å². The molecule has 0 aliphatic carbocycles. The van der Waals surface area contributed by atoms with Crippen LogP contribution < -0.4 is 15.4 Å². The van der Waals surface area contributed by atoms with Crippen molar-refractivity contribution in [2.75, 3.05) is 21.1 Å². The normalized spacial score (nSPS) is 11.1. The Balaban J connectivity index is 1.66. The van der Waals surface area contributed by atoms with E-state index in [-0.39, 0.29) is 24.0 Å². The van der Waals surface area contributed by atoms with Crippen LogP contribution >= 0.6 is 0 Å². The van der Waals surface area contributed by atoms with Gasteiger partial charge in [-0.05, 0) is 49.2 Å². The van der Waals surface area contributed by atoms with Gasteiger partial charge in [0, 0.05) is 42.3 Å². The lowest BCUT2D eigenvalue weighted by Crippen LogP contribution is -2.18. The zero-order valence-corrected chi connectivity index (χ0v) is 19.4. The number of anilines is 3. The van der Waals surface area contributed by atoms with Crippen LogP contribution in [0.4, 0.5) is 17.1 Å². The van der Waals surface area contributed by atoms with E-state index in [0.717, 1.165) is 0 Å². The molecule has 0 aliphatic rings. The van der Waals surface area contributed by atoms with E-state index in [2.05, 4.69) is 20.3 Å². The SMILES string of the molecule is CCCS(=O)(=O)Nc1cccc(NC(=O)c2cccc(NC(=O)CCn3ccnc3)c2)c1C. The third kappa shape index (κ3) is 6.91. The summed E-state index contributed by atoms with van der Waals surface area (Å²) < 4.78 is 28.6. The monoisotopic (exact) mass is 469 g/mol. The number of rotatable bonds is 10. The van der Waals surface area contributed by atoms with Crippen LogP contribution in [0.1, 0.15) is 35.7 Å². The summed E-state index contributed by atoms with van der Waals surface area (Å²) in [5, 5.41) is 5.60. The number of nitrogens with one attached hydrogen (secondary N) is 3. The fraction of sp³-hybridized carbons (Fsp3) is 0.261. The van der Waals surface area contributed by atoms with Crippen LogP contribution in [-0.4, -0.2) is 35.5 Å². The standard InChI is InChI=1S/C23H27N5O4S/c1-3-14-33(31,32)27-21-9-5-8-20(17(21)2)26-23(30)18-6-4-7-19(15-18)25-22(29)10-12-28-13-11-24-16-28/h4-9,11,13,15-16,27H,3,10,12,14H2,1-2H3,(H,25,29)(H,26,30). The van der Waals surface area contributed by atoms with Gasteiger partial charge in [0.05, 0.1) is 17.8 Å². The first-order valence-corrected chi connectivity index (χ1v) is 12.2. The van der Waals surface area contributed by atoms with Crippen molar-refractivity contribution in [1.29, 1.82) is 0 Å². The predicted molar refractivity (Wildman–Crippen MR) is 129 cm³/mol. The highest BCUT2D eigenvalue weighted by atomic mass is 32.2. The number of aromatic nitrogens is 2. The van der Waals surface area contributed by atoms with Crippen molar-refractivity contribution in [3.8, 4) is 0 Å². The molecule has 3 N–H and O–H groups in total. The Hall–Kier alpha value is -3.66. The fourth-order valence-electron chi connectivity index (χ4n) is 3.17. The highest BCUT2D eigenvalue weighted by molar-refractivity contribution is 7.92. The Labute approximate surface area is 193 Å². The average molecular weight is 470 g/mol. The van der Waals surface area contributed by atoms with E-state index in [1.165, 1.54) is 0 Å². The Morgan fingerprint density at radius 3 is 2.55 bits per heavy atom. The second-order valence-corrected chi connectivity index (χ2v) is 9.37. The number of sulfonamides is 1. The first-order valence-electron chi connectivity index (χ1n) is 10.5. The Morgan fingerprint density at radius 1 is 1.06 bits per heavy atom. The molecule has 0 radical (unpaired) electrons. The van der Waals surface area contributed by atoms with Crippen molar-refractivity contribution in [3.63, 3.8) is 0 Å². The average Bonchev–Trinajstić information content (AvgIpc) is 3.29. The van der Waals surface area contributed by atoms with Crippen molar-refractivity contribution in [2.45, 2.75) is 33.2 Å². The van der Waals surface area contributed by atoms with E-state index in [1.54, 1.807) is 75.0 Å². The number of aryl methyl sites for hydroxylation is 1. The Kier molecular flexibility index (Phi) is 7.83. The number of carbonyl (C=O) groups is 2. The fourth-order valence-corrected chi connectivity index (χ4v) is 4.37. The molecule has 1 aromatic heterocycles. The topological polar surface area (TPSA) is 122 Å². The van der Waals surface area contributed by atoms with Gasteiger partial charge in [0.2, 0.25) is 15.9 Å². The molecule has 0 fully saturated rings. The summed E-state index contributed by atoms with van der Waals surface area (Å²) in [7, 11) is -3.45. The molecule has 0 aliphatic heterocycles. The van der Waals surface area contributed by atoms with Crippen molar-refractivity contribution < 1.29 is 18.0 Å². The van der Waals surface area contributed by atoms with Crippen molar-refractivity contribution in [3.05, 3.63) is 72.3 Å². The Bertz CT molecular complexity index is 1220. The summed E-state index contributed by atoms with van der Waals surface area (Å²) in [6.45, 7) is 4.03. The van der Waals surface area contributed by atoms with E-state index in [9.17, 15) is 18.0 Å². The molecule has 0 saturated carbocycles. The maximum Gasteiger partial charge on any atom is 0.255 e. The number of hydrogen-bond donors (Lipinski definition) is 3. The van der Waals surface area contributed by atoms with Gasteiger partial charge in [0.1, 0.15) is 0 Å². The van der Waals surface area contributed by atoms with Crippen molar-refractivity contribution in [1.82, 2.24) is 9.55 Å². The number of carbonyl (C=O) groups excluding carboxylic acids is 2. The van der Waals surface area contributed by atoms with E-state index < -0.39 is 10.0 Å². The van der Waals surface area contributed by atoms with Crippen LogP contribution in [0.2, 0.25) is 0 Å². The van der Waals surface area contributed by atoms with Gasteiger partial charge in [-0.15, -0.1) is 0 Å². The van der Waals surface area contributed by atoms with E-state index in [0.29, 0.717) is 41.2 Å². The third-order valence-electron chi connectivity index (χ3n) is 4.89. The second kappa shape index (κ2) is 10.8. The highest BCUT2D eigenvalue weighted by Crippen LogP contribution is 2.25. The largest absolute Gasteiger partial charge is 0.337 e. The summed E-state index contributed by atoms with van der Waals surface area (Å²) in [5.74, 6) is -0.533. The van der Waals surface area contributed by atoms with Gasteiger partial charge < -0.3 is 15.2 Å². The lowest BCUT2D eigenvalue weighted by Gasteiger charge is -2.14. The minimum Gasteiger partial charge on any atom is -0.337 e. The molecule has 1 heterocycles. The molecule has 2 amide bonds. The molecule has 3 aromatic rings. The van der Waals surface area contributed by atoms with Gasteiger partial charge in [-0.3, -0.25) is 14.3 Å². The summed E-state index contributed by atoms with van der Waals surface area (Å²) >= 11 is 0. The van der Waals surface area contributed by atoms with Crippen LogP contribution in [-0.2, 0) is 21.4 Å².